The van der Waals surface area contributed by atoms with Gasteiger partial charge in [0.15, 0.2) is 0 Å². The lowest BCUT2D eigenvalue weighted by molar-refractivity contribution is 0.0739. The van der Waals surface area contributed by atoms with Gasteiger partial charge in [-0.1, -0.05) is 0 Å². The highest BCUT2D eigenvalue weighted by Crippen LogP contribution is 2.36. The lowest BCUT2D eigenvalue weighted by atomic mass is 9.75. The van der Waals surface area contributed by atoms with Gasteiger partial charge in [-0.15, -0.1) is 0 Å². The maximum atomic E-state index is 4.28. The van der Waals surface area contributed by atoms with Crippen LogP contribution in [0.15, 0.2) is 18.3 Å². The topological polar surface area (TPSA) is 40.2 Å². The van der Waals surface area contributed by atoms with Crippen molar-refractivity contribution in [2.45, 2.75) is 31.7 Å². The summed E-state index contributed by atoms with van der Waals surface area (Å²) in [4.78, 5) is 6.64. The molecule has 4 heteroatoms. The summed E-state index contributed by atoms with van der Waals surface area (Å²) in [5.74, 6) is 0.940. The van der Waals surface area contributed by atoms with E-state index in [9.17, 15) is 0 Å². The first kappa shape index (κ1) is 13.1. The van der Waals surface area contributed by atoms with Crippen LogP contribution in [0.3, 0.4) is 0 Å². The van der Waals surface area contributed by atoms with Crippen LogP contribution < -0.4 is 10.6 Å². The molecular formula is C14H24N4. The Labute approximate surface area is 110 Å². The maximum Gasteiger partial charge on any atom is 0.127 e. The fraction of sp³-hybridized carbons (Fsp3) is 0.643. The number of pyridine rings is 1. The Morgan fingerprint density at radius 3 is 2.67 bits per heavy atom. The second kappa shape index (κ2) is 5.57. The largest absolute Gasteiger partial charge is 0.383 e. The van der Waals surface area contributed by atoms with Gasteiger partial charge in [-0.2, -0.15) is 0 Å². The molecular weight excluding hydrogens is 224 g/mol. The number of hydrogen-bond acceptors (Lipinski definition) is 4. The van der Waals surface area contributed by atoms with E-state index < -0.39 is 0 Å². The van der Waals surface area contributed by atoms with E-state index >= 15 is 0 Å². The molecule has 0 bridgehead atoms. The molecule has 18 heavy (non-hydrogen) atoms. The molecule has 0 atom stereocenters. The number of nitrogens with zero attached hydrogens (tertiary/aromatic N) is 2. The highest BCUT2D eigenvalue weighted by molar-refractivity contribution is 5.52. The molecule has 0 amide bonds. The summed E-state index contributed by atoms with van der Waals surface area (Å²) in [6.07, 6.45) is 5.78. The first-order valence-electron chi connectivity index (χ1n) is 6.77. The SMILES string of the molecule is CCNc1cc(NCC2(N(C)C)CCC2)ccn1. The van der Waals surface area contributed by atoms with E-state index in [1.54, 1.807) is 0 Å². The van der Waals surface area contributed by atoms with Crippen molar-refractivity contribution >= 4 is 11.5 Å². The molecule has 1 aromatic rings. The Morgan fingerprint density at radius 2 is 2.11 bits per heavy atom. The van der Waals surface area contributed by atoms with Crippen LogP contribution in [0.2, 0.25) is 0 Å². The fourth-order valence-corrected chi connectivity index (χ4v) is 2.45. The van der Waals surface area contributed by atoms with E-state index in [-0.39, 0.29) is 0 Å². The van der Waals surface area contributed by atoms with Gasteiger partial charge in [0, 0.05) is 36.6 Å². The summed E-state index contributed by atoms with van der Waals surface area (Å²) >= 11 is 0. The molecule has 1 aromatic heterocycles. The van der Waals surface area contributed by atoms with Gasteiger partial charge in [-0.3, -0.25) is 0 Å². The molecule has 0 aromatic carbocycles. The average Bonchev–Trinajstić information content (AvgIpc) is 2.28. The monoisotopic (exact) mass is 248 g/mol. The van der Waals surface area contributed by atoms with Crippen molar-refractivity contribution < 1.29 is 0 Å². The smallest absolute Gasteiger partial charge is 0.127 e. The van der Waals surface area contributed by atoms with E-state index in [4.69, 9.17) is 0 Å². The van der Waals surface area contributed by atoms with Crippen LogP contribution in [0.5, 0.6) is 0 Å². The fourth-order valence-electron chi connectivity index (χ4n) is 2.45. The second-order valence-electron chi connectivity index (χ2n) is 5.29. The normalized spacial score (nSPS) is 17.3. The Morgan fingerprint density at radius 1 is 1.33 bits per heavy atom. The predicted molar refractivity (Wildman–Crippen MR) is 77.2 cm³/mol. The number of hydrogen-bond donors (Lipinski definition) is 2. The third-order valence-corrected chi connectivity index (χ3v) is 3.97. The van der Waals surface area contributed by atoms with Crippen molar-refractivity contribution in [1.82, 2.24) is 9.88 Å². The van der Waals surface area contributed by atoms with Crippen LogP contribution in [-0.2, 0) is 0 Å². The summed E-state index contributed by atoms with van der Waals surface area (Å²) in [6.45, 7) is 3.99. The van der Waals surface area contributed by atoms with Crippen LogP contribution in [0.1, 0.15) is 26.2 Å². The van der Waals surface area contributed by atoms with E-state index in [1.165, 1.54) is 19.3 Å². The van der Waals surface area contributed by atoms with Crippen molar-refractivity contribution in [3.8, 4) is 0 Å². The van der Waals surface area contributed by atoms with Crippen molar-refractivity contribution in [2.24, 2.45) is 0 Å². The van der Waals surface area contributed by atoms with E-state index in [0.29, 0.717) is 5.54 Å². The summed E-state index contributed by atoms with van der Waals surface area (Å²) in [5.41, 5.74) is 1.50. The number of aromatic nitrogens is 1. The van der Waals surface area contributed by atoms with E-state index in [0.717, 1.165) is 24.6 Å². The van der Waals surface area contributed by atoms with Crippen LogP contribution in [0.25, 0.3) is 0 Å². The molecule has 0 spiro atoms. The molecule has 1 aliphatic rings. The lowest BCUT2D eigenvalue weighted by Crippen LogP contribution is -2.54. The van der Waals surface area contributed by atoms with Gasteiger partial charge in [0.1, 0.15) is 5.82 Å². The third kappa shape index (κ3) is 2.75. The Kier molecular flexibility index (Phi) is 4.07. The van der Waals surface area contributed by atoms with Crippen LogP contribution in [0, 0.1) is 0 Å². The lowest BCUT2D eigenvalue weighted by Gasteiger charge is -2.47. The zero-order chi connectivity index (χ0) is 13.0. The van der Waals surface area contributed by atoms with Crippen molar-refractivity contribution in [2.75, 3.05) is 37.8 Å². The number of likely N-dealkylation sites (N-methyl/N-ethyl adjacent to an activating group) is 1. The quantitative estimate of drug-likeness (QED) is 0.811. The van der Waals surface area contributed by atoms with Gasteiger partial charge >= 0.3 is 0 Å². The van der Waals surface area contributed by atoms with Crippen LogP contribution in [0.4, 0.5) is 11.5 Å². The van der Waals surface area contributed by atoms with E-state index in [2.05, 4.69) is 47.6 Å². The van der Waals surface area contributed by atoms with E-state index in [1.807, 2.05) is 12.3 Å². The van der Waals surface area contributed by atoms with Gasteiger partial charge in [-0.05, 0) is 46.3 Å². The highest BCUT2D eigenvalue weighted by Gasteiger charge is 2.38. The maximum absolute atomic E-state index is 4.28. The van der Waals surface area contributed by atoms with Gasteiger partial charge in [0.2, 0.25) is 0 Å². The molecule has 0 saturated heterocycles. The number of anilines is 2. The standard InChI is InChI=1S/C14H24N4/c1-4-15-13-10-12(6-9-16-13)17-11-14(18(2)3)7-5-8-14/h6,9-10H,4-5,7-8,11H2,1-3H3,(H2,15,16,17). The molecule has 1 saturated carbocycles. The van der Waals surface area contributed by atoms with Gasteiger partial charge in [0.25, 0.3) is 0 Å². The predicted octanol–water partition coefficient (Wildman–Crippen LogP) is 2.41. The van der Waals surface area contributed by atoms with Crippen molar-refractivity contribution in [3.05, 3.63) is 18.3 Å². The Hall–Kier alpha value is -1.29. The first-order chi connectivity index (χ1) is 8.66. The summed E-state index contributed by atoms with van der Waals surface area (Å²) in [5, 5.41) is 6.78. The van der Waals surface area contributed by atoms with Gasteiger partial charge < -0.3 is 15.5 Å². The zero-order valence-corrected chi connectivity index (χ0v) is 11.7. The molecule has 4 nitrogen and oxygen atoms in total. The number of nitrogens with one attached hydrogen (secondary N) is 2. The Bertz CT molecular complexity index is 385. The second-order valence-corrected chi connectivity index (χ2v) is 5.29. The summed E-state index contributed by atoms with van der Waals surface area (Å²) < 4.78 is 0. The number of rotatable bonds is 6. The summed E-state index contributed by atoms with van der Waals surface area (Å²) in [7, 11) is 4.36. The van der Waals surface area contributed by atoms with Crippen LogP contribution in [-0.4, -0.2) is 42.6 Å². The molecule has 1 heterocycles. The van der Waals surface area contributed by atoms with Gasteiger partial charge in [-0.25, -0.2) is 4.98 Å². The van der Waals surface area contributed by atoms with Gasteiger partial charge in [0.05, 0.1) is 0 Å². The molecule has 1 aliphatic carbocycles. The molecule has 2 rings (SSSR count). The summed E-state index contributed by atoms with van der Waals surface area (Å²) in [6, 6.07) is 4.11. The molecule has 1 fully saturated rings. The minimum absolute atomic E-state index is 0.349. The van der Waals surface area contributed by atoms with Crippen molar-refractivity contribution in [1.29, 1.82) is 0 Å². The molecule has 100 valence electrons. The molecule has 0 aliphatic heterocycles. The minimum Gasteiger partial charge on any atom is -0.383 e. The van der Waals surface area contributed by atoms with Crippen LogP contribution >= 0.6 is 0 Å². The molecule has 2 N–H and O–H groups in total. The molecule has 0 radical (unpaired) electrons. The average molecular weight is 248 g/mol. The third-order valence-electron chi connectivity index (χ3n) is 3.97. The molecule has 0 unspecified atom stereocenters. The highest BCUT2D eigenvalue weighted by atomic mass is 15.2. The first-order valence-corrected chi connectivity index (χ1v) is 6.77. The Balaban J connectivity index is 1.95. The minimum atomic E-state index is 0.349. The zero-order valence-electron chi connectivity index (χ0n) is 11.7. The van der Waals surface area contributed by atoms with Crippen molar-refractivity contribution in [3.63, 3.8) is 0 Å².